The highest BCUT2D eigenvalue weighted by Gasteiger charge is 2.48. The van der Waals surface area contributed by atoms with Crippen LogP contribution in [0.25, 0.3) is 0 Å². The van der Waals surface area contributed by atoms with Crippen molar-refractivity contribution in [2.24, 2.45) is 0 Å². The van der Waals surface area contributed by atoms with Crippen molar-refractivity contribution in [3.63, 3.8) is 0 Å². The van der Waals surface area contributed by atoms with E-state index in [1.165, 1.54) is 22.3 Å². The van der Waals surface area contributed by atoms with Crippen LogP contribution in [-0.4, -0.2) is 0 Å². The van der Waals surface area contributed by atoms with Crippen molar-refractivity contribution >= 4 is 0 Å². The largest absolute Gasteiger partial charge is 0.0623 e. The third kappa shape index (κ3) is 2.36. The minimum atomic E-state index is -0.274. The molecule has 146 valence electrons. The molecule has 2 aromatic rings. The summed E-state index contributed by atoms with van der Waals surface area (Å²) in [6.07, 6.45) is 0. The zero-order valence-corrected chi connectivity index (χ0v) is 18.6. The lowest BCUT2D eigenvalue weighted by Crippen LogP contribution is -2.25. The molecule has 2 aliphatic rings. The van der Waals surface area contributed by atoms with E-state index < -0.39 is 0 Å². The molecule has 0 bridgehead atoms. The van der Waals surface area contributed by atoms with Crippen LogP contribution in [0, 0.1) is 0 Å². The van der Waals surface area contributed by atoms with E-state index in [1.54, 1.807) is 0 Å². The zero-order valence-electron chi connectivity index (χ0n) is 20.6. The molecule has 0 nitrogen and oxygen atoms in total. The summed E-state index contributed by atoms with van der Waals surface area (Å²) in [6, 6.07) is 17.9. The molecule has 2 aliphatic carbocycles. The Morgan fingerprint density at radius 1 is 0.500 bits per heavy atom. The van der Waals surface area contributed by atoms with Gasteiger partial charge in [-0.25, -0.2) is 0 Å². The van der Waals surface area contributed by atoms with Crippen LogP contribution in [0.3, 0.4) is 0 Å². The maximum absolute atomic E-state index is 9.32. The fourth-order valence-corrected chi connectivity index (χ4v) is 6.00. The first-order valence-corrected chi connectivity index (χ1v) is 10.4. The van der Waals surface area contributed by atoms with Crippen LogP contribution in [0.2, 0.25) is 0 Å². The molecule has 0 saturated heterocycles. The van der Waals surface area contributed by atoms with E-state index in [1.807, 2.05) is 0 Å². The third-order valence-electron chi connectivity index (χ3n) is 7.36. The first-order chi connectivity index (χ1) is 13.8. The Morgan fingerprint density at radius 3 is 0.929 bits per heavy atom. The molecule has 0 saturated carbocycles. The molecule has 0 unspecified atom stereocenters. The lowest BCUT2D eigenvalue weighted by molar-refractivity contribution is 0.540. The van der Waals surface area contributed by atoms with Crippen molar-refractivity contribution < 1.29 is 2.74 Å². The summed E-state index contributed by atoms with van der Waals surface area (Å²) in [4.78, 5) is 0. The van der Waals surface area contributed by atoms with Gasteiger partial charge in [-0.2, -0.15) is 0 Å². The van der Waals surface area contributed by atoms with Gasteiger partial charge < -0.3 is 0 Å². The summed E-state index contributed by atoms with van der Waals surface area (Å²) in [7, 11) is 0. The van der Waals surface area contributed by atoms with Gasteiger partial charge >= 0.3 is 0 Å². The summed E-state index contributed by atoms with van der Waals surface area (Å²) in [5, 5.41) is 0. The number of allylic oxidation sites excluding steroid dienone is 4. The normalized spacial score (nSPS) is 23.6. The Kier molecular flexibility index (Phi) is 3.44. The fourth-order valence-electron chi connectivity index (χ4n) is 6.00. The highest BCUT2D eigenvalue weighted by atomic mass is 14.5. The molecule has 0 N–H and O–H groups in total. The smallest absolute Gasteiger partial charge is 0.0619 e. The Morgan fingerprint density at radius 2 is 0.714 bits per heavy atom. The lowest BCUT2D eigenvalue weighted by atomic mass is 9.73. The van der Waals surface area contributed by atoms with Crippen molar-refractivity contribution in [3.05, 3.63) is 94.0 Å². The van der Waals surface area contributed by atoms with E-state index in [0.717, 1.165) is 11.1 Å². The standard InChI is InChI=1S/C28H34/c1-25(2)19-13-9-10-14-20(19)26(3,4)23(25)17-18-24-27(5,6)21-15-11-12-16-22(21)28(24,7)8/h9-18H,1-8H3/i17D,18D. The highest BCUT2D eigenvalue weighted by molar-refractivity contribution is 5.61. The van der Waals surface area contributed by atoms with Gasteiger partial charge in [0.05, 0.1) is 2.74 Å². The Balaban J connectivity index is 2.02. The molecule has 0 atom stereocenters. The predicted molar refractivity (Wildman–Crippen MR) is 121 cm³/mol. The van der Waals surface area contributed by atoms with Crippen LogP contribution in [0.1, 0.15) is 80.4 Å². The van der Waals surface area contributed by atoms with Gasteiger partial charge in [-0.3, -0.25) is 0 Å². The predicted octanol–water partition coefficient (Wildman–Crippen LogP) is 7.38. The molecule has 0 heterocycles. The number of fused-ring (bicyclic) bond motifs is 2. The summed E-state index contributed by atoms with van der Waals surface area (Å²) >= 11 is 0. The third-order valence-corrected chi connectivity index (χ3v) is 7.36. The number of hydrogen-bond acceptors (Lipinski definition) is 0. The van der Waals surface area contributed by atoms with Crippen molar-refractivity contribution in [2.75, 3.05) is 0 Å². The quantitative estimate of drug-likeness (QED) is 0.490. The topological polar surface area (TPSA) is 0 Å². The first kappa shape index (κ1) is 16.8. The van der Waals surface area contributed by atoms with Crippen molar-refractivity contribution in [1.29, 1.82) is 0 Å². The molecule has 2 aromatic carbocycles. The molecule has 0 aromatic heterocycles. The molecule has 0 amide bonds. The van der Waals surface area contributed by atoms with Gasteiger partial charge in [0.25, 0.3) is 0 Å². The number of hydrogen-bond donors (Lipinski definition) is 0. The van der Waals surface area contributed by atoms with Gasteiger partial charge in [-0.05, 0) is 22.3 Å². The van der Waals surface area contributed by atoms with Crippen LogP contribution in [0.4, 0.5) is 0 Å². The second-order valence-electron chi connectivity index (χ2n) is 10.6. The van der Waals surface area contributed by atoms with Gasteiger partial charge in [0.2, 0.25) is 0 Å². The molecule has 0 heteroatoms. The van der Waals surface area contributed by atoms with Crippen molar-refractivity contribution in [1.82, 2.24) is 0 Å². The van der Waals surface area contributed by atoms with Gasteiger partial charge in [0, 0.05) is 21.7 Å². The van der Waals surface area contributed by atoms with Crippen LogP contribution in [0.15, 0.2) is 71.8 Å². The summed E-state index contributed by atoms with van der Waals surface area (Å²) in [5.74, 6) is 0. The van der Waals surface area contributed by atoms with Gasteiger partial charge in [-0.1, -0.05) is 127 Å². The zero-order chi connectivity index (χ0) is 22.3. The minimum absolute atomic E-state index is 0.274. The van der Waals surface area contributed by atoms with Crippen molar-refractivity contribution in [2.45, 2.75) is 77.0 Å². The van der Waals surface area contributed by atoms with Gasteiger partial charge in [0.1, 0.15) is 0 Å². The van der Waals surface area contributed by atoms with Crippen LogP contribution >= 0.6 is 0 Å². The monoisotopic (exact) mass is 372 g/mol. The van der Waals surface area contributed by atoms with E-state index in [0.29, 0.717) is 12.1 Å². The maximum atomic E-state index is 9.32. The van der Waals surface area contributed by atoms with Gasteiger partial charge in [0.15, 0.2) is 0 Å². The summed E-state index contributed by atoms with van der Waals surface area (Å²) in [5.41, 5.74) is 6.12. The second-order valence-corrected chi connectivity index (χ2v) is 10.6. The lowest BCUT2D eigenvalue weighted by Gasteiger charge is -2.31. The molecule has 0 spiro atoms. The SMILES string of the molecule is [2H]C(C([2H])=C1C(C)(C)c2ccccc2C1(C)C)=C1C(C)(C)c2ccccc2C1(C)C. The molecule has 28 heavy (non-hydrogen) atoms. The average molecular weight is 373 g/mol. The maximum Gasteiger partial charge on any atom is 0.0623 e. The van der Waals surface area contributed by atoms with Crippen LogP contribution < -0.4 is 0 Å². The average Bonchev–Trinajstić information content (AvgIpc) is 2.93. The molecule has 0 fully saturated rings. The molecule has 4 rings (SSSR count). The minimum Gasteiger partial charge on any atom is -0.0619 e. The fraction of sp³-hybridized carbons (Fsp3) is 0.429. The van der Waals surface area contributed by atoms with Crippen molar-refractivity contribution in [3.8, 4) is 0 Å². The van der Waals surface area contributed by atoms with E-state index in [9.17, 15) is 2.74 Å². The van der Waals surface area contributed by atoms with E-state index in [-0.39, 0.29) is 21.7 Å². The van der Waals surface area contributed by atoms with E-state index >= 15 is 0 Å². The summed E-state index contributed by atoms with van der Waals surface area (Å²) in [6.45, 7) is 17.7. The Hall–Kier alpha value is -2.08. The highest BCUT2D eigenvalue weighted by Crippen LogP contribution is 2.55. The summed E-state index contributed by atoms with van der Waals surface area (Å²) < 4.78 is 18.6. The first-order valence-electron chi connectivity index (χ1n) is 11.4. The molecular formula is C28H34. The van der Waals surface area contributed by atoms with E-state index in [2.05, 4.69) is 104 Å². The Bertz CT molecular complexity index is 943. The molecule has 0 aliphatic heterocycles. The van der Waals surface area contributed by atoms with Gasteiger partial charge in [-0.15, -0.1) is 0 Å². The van der Waals surface area contributed by atoms with E-state index in [4.69, 9.17) is 0 Å². The van der Waals surface area contributed by atoms with Crippen LogP contribution in [0.5, 0.6) is 0 Å². The van der Waals surface area contributed by atoms with Crippen LogP contribution in [-0.2, 0) is 21.7 Å². The second kappa shape index (κ2) is 5.72. The number of rotatable bonds is 1. The molecular weight excluding hydrogens is 336 g/mol. The molecule has 0 radical (unpaired) electrons. The number of benzene rings is 2. The Labute approximate surface area is 174 Å².